The summed E-state index contributed by atoms with van der Waals surface area (Å²) in [6.45, 7) is 11.4. The number of hydrogen-bond acceptors (Lipinski definition) is 7. The topological polar surface area (TPSA) is 111 Å². The highest BCUT2D eigenvalue weighted by molar-refractivity contribution is 7.89. The molecule has 2 heterocycles. The molecule has 1 aliphatic heterocycles. The van der Waals surface area contributed by atoms with Gasteiger partial charge in [-0.15, -0.1) is 0 Å². The molecule has 1 saturated heterocycles. The highest BCUT2D eigenvalue weighted by atomic mass is 32.2. The number of allylic oxidation sites excluding steroid dienone is 1. The summed E-state index contributed by atoms with van der Waals surface area (Å²) in [6.07, 6.45) is 6.10. The monoisotopic (exact) mass is 532 g/mol. The molecule has 8 nitrogen and oxygen atoms in total. The van der Waals surface area contributed by atoms with Crippen LogP contribution in [0.1, 0.15) is 57.4 Å². The molecule has 200 valence electrons. The lowest BCUT2D eigenvalue weighted by atomic mass is 10.0. The van der Waals surface area contributed by atoms with Crippen LogP contribution in [-0.4, -0.2) is 42.7 Å². The Balaban J connectivity index is 1.51. The number of anilines is 3. The van der Waals surface area contributed by atoms with E-state index in [0.29, 0.717) is 17.2 Å². The summed E-state index contributed by atoms with van der Waals surface area (Å²) in [4.78, 5) is 11.5. The van der Waals surface area contributed by atoms with Gasteiger partial charge in [-0.2, -0.15) is 0 Å². The van der Waals surface area contributed by atoms with Crippen molar-refractivity contribution in [1.29, 1.82) is 5.41 Å². The molecule has 0 aliphatic carbocycles. The van der Waals surface area contributed by atoms with Gasteiger partial charge in [0.05, 0.1) is 16.3 Å². The summed E-state index contributed by atoms with van der Waals surface area (Å²) in [5.74, 6) is 0.372. The number of benzene rings is 2. The van der Waals surface area contributed by atoms with Gasteiger partial charge in [-0.05, 0) is 89.4 Å². The lowest BCUT2D eigenvalue weighted by Gasteiger charge is -2.30. The van der Waals surface area contributed by atoms with Crippen molar-refractivity contribution in [2.45, 2.75) is 57.9 Å². The normalized spacial score (nSPS) is 14.3. The SMILES string of the molecule is CC=C1CCN(c2ccc(Nc3ncc(C)c(C(=N)c4cccc(S(=O)(=O)NC(C)(C)C)c4)n3)cc2)CC1. The maximum atomic E-state index is 12.8. The van der Waals surface area contributed by atoms with Gasteiger partial charge in [0.2, 0.25) is 16.0 Å². The molecule has 0 bridgehead atoms. The van der Waals surface area contributed by atoms with Gasteiger partial charge < -0.3 is 10.2 Å². The zero-order chi connectivity index (χ0) is 27.5. The molecule has 2 aromatic carbocycles. The van der Waals surface area contributed by atoms with Crippen LogP contribution in [0.3, 0.4) is 0 Å². The van der Waals surface area contributed by atoms with Gasteiger partial charge in [0.25, 0.3) is 0 Å². The largest absolute Gasteiger partial charge is 0.371 e. The van der Waals surface area contributed by atoms with Crippen LogP contribution in [0.25, 0.3) is 0 Å². The number of sulfonamides is 1. The summed E-state index contributed by atoms with van der Waals surface area (Å²) in [7, 11) is -3.73. The molecule has 3 aromatic rings. The predicted octanol–water partition coefficient (Wildman–Crippen LogP) is 5.57. The Bertz CT molecular complexity index is 1450. The molecular formula is C29H36N6O2S. The van der Waals surface area contributed by atoms with Crippen LogP contribution in [0.2, 0.25) is 0 Å². The van der Waals surface area contributed by atoms with E-state index in [4.69, 9.17) is 5.41 Å². The zero-order valence-electron chi connectivity index (χ0n) is 22.7. The van der Waals surface area contributed by atoms with E-state index in [2.05, 4.69) is 50.0 Å². The van der Waals surface area contributed by atoms with Gasteiger partial charge in [0.1, 0.15) is 0 Å². The molecule has 0 amide bonds. The Morgan fingerprint density at radius 3 is 2.39 bits per heavy atom. The van der Waals surface area contributed by atoms with Crippen LogP contribution in [-0.2, 0) is 10.0 Å². The van der Waals surface area contributed by atoms with Gasteiger partial charge in [0, 0.05) is 41.8 Å². The first-order chi connectivity index (χ1) is 17.9. The molecule has 0 atom stereocenters. The number of aryl methyl sites for hydroxylation is 1. The highest BCUT2D eigenvalue weighted by Crippen LogP contribution is 2.25. The minimum absolute atomic E-state index is 0.107. The van der Waals surface area contributed by atoms with Crippen LogP contribution in [0.5, 0.6) is 0 Å². The molecule has 38 heavy (non-hydrogen) atoms. The fourth-order valence-corrected chi connectivity index (χ4v) is 5.86. The summed E-state index contributed by atoms with van der Waals surface area (Å²) in [5.41, 5.74) is 4.69. The molecule has 0 saturated carbocycles. The Morgan fingerprint density at radius 1 is 1.08 bits per heavy atom. The van der Waals surface area contributed by atoms with Crippen molar-refractivity contribution in [2.75, 3.05) is 23.3 Å². The third kappa shape index (κ3) is 6.65. The van der Waals surface area contributed by atoms with E-state index >= 15 is 0 Å². The summed E-state index contributed by atoms with van der Waals surface area (Å²) >= 11 is 0. The number of aromatic nitrogens is 2. The maximum absolute atomic E-state index is 12.8. The van der Waals surface area contributed by atoms with Crippen LogP contribution in [0, 0.1) is 12.3 Å². The zero-order valence-corrected chi connectivity index (χ0v) is 23.5. The number of hydrogen-bond donors (Lipinski definition) is 3. The molecule has 9 heteroatoms. The molecule has 3 N–H and O–H groups in total. The molecule has 0 unspecified atom stereocenters. The lowest BCUT2D eigenvalue weighted by molar-refractivity contribution is 0.491. The van der Waals surface area contributed by atoms with Crippen LogP contribution in [0.4, 0.5) is 17.3 Å². The smallest absolute Gasteiger partial charge is 0.241 e. The Morgan fingerprint density at radius 2 is 1.76 bits per heavy atom. The molecule has 1 aromatic heterocycles. The van der Waals surface area contributed by atoms with Gasteiger partial charge in [0.15, 0.2) is 0 Å². The number of piperidine rings is 1. The quantitative estimate of drug-likeness (QED) is 0.271. The van der Waals surface area contributed by atoms with E-state index in [-0.39, 0.29) is 10.6 Å². The summed E-state index contributed by atoms with van der Waals surface area (Å²) < 4.78 is 28.3. The van der Waals surface area contributed by atoms with Gasteiger partial charge >= 0.3 is 0 Å². The second-order valence-corrected chi connectivity index (χ2v) is 12.3. The molecule has 0 spiro atoms. The van der Waals surface area contributed by atoms with Crippen molar-refractivity contribution in [3.63, 3.8) is 0 Å². The van der Waals surface area contributed by atoms with E-state index in [1.807, 2.05) is 19.1 Å². The average molecular weight is 533 g/mol. The second kappa shape index (κ2) is 11.0. The first-order valence-corrected chi connectivity index (χ1v) is 14.3. The van der Waals surface area contributed by atoms with Crippen molar-refractivity contribution >= 4 is 33.1 Å². The predicted molar refractivity (Wildman–Crippen MR) is 154 cm³/mol. The fraction of sp³-hybridized carbons (Fsp3) is 0.345. The molecule has 0 radical (unpaired) electrons. The van der Waals surface area contributed by atoms with Crippen molar-refractivity contribution in [2.24, 2.45) is 0 Å². The minimum atomic E-state index is -3.73. The molecular weight excluding hydrogens is 496 g/mol. The van der Waals surface area contributed by atoms with Crippen molar-refractivity contribution in [1.82, 2.24) is 14.7 Å². The number of rotatable bonds is 7. The van der Waals surface area contributed by atoms with Crippen LogP contribution < -0.4 is 14.9 Å². The van der Waals surface area contributed by atoms with E-state index in [9.17, 15) is 8.42 Å². The van der Waals surface area contributed by atoms with Gasteiger partial charge in [-0.1, -0.05) is 23.8 Å². The lowest BCUT2D eigenvalue weighted by Crippen LogP contribution is -2.40. The third-order valence-electron chi connectivity index (χ3n) is 6.38. The number of nitrogens with one attached hydrogen (secondary N) is 3. The minimum Gasteiger partial charge on any atom is -0.371 e. The van der Waals surface area contributed by atoms with Crippen LogP contribution >= 0.6 is 0 Å². The Labute approximate surface area is 225 Å². The van der Waals surface area contributed by atoms with Crippen molar-refractivity contribution in [3.05, 3.63) is 83.2 Å². The van der Waals surface area contributed by atoms with E-state index < -0.39 is 15.6 Å². The standard InChI is InChI=1S/C29H36N6O2S/c1-6-21-14-16-35(17-15-21)24-12-10-23(11-13-24)32-28-31-19-20(2)27(33-28)26(30)22-8-7-9-25(18-22)38(36,37)34-29(3,4)5/h6-13,18-19,30,34H,14-17H2,1-5H3,(H,31,32,33). The first-order valence-electron chi connectivity index (χ1n) is 12.8. The third-order valence-corrected chi connectivity index (χ3v) is 8.14. The number of nitrogens with zero attached hydrogens (tertiary/aromatic N) is 3. The average Bonchev–Trinajstić information content (AvgIpc) is 2.89. The van der Waals surface area contributed by atoms with E-state index in [1.165, 1.54) is 23.4 Å². The van der Waals surface area contributed by atoms with Crippen molar-refractivity contribution in [3.8, 4) is 0 Å². The van der Waals surface area contributed by atoms with Crippen molar-refractivity contribution < 1.29 is 8.42 Å². The van der Waals surface area contributed by atoms with Gasteiger partial charge in [-0.25, -0.2) is 23.1 Å². The van der Waals surface area contributed by atoms with E-state index in [0.717, 1.165) is 37.2 Å². The molecule has 4 rings (SSSR count). The summed E-state index contributed by atoms with van der Waals surface area (Å²) in [5, 5.41) is 12.0. The van der Waals surface area contributed by atoms with E-state index in [1.54, 1.807) is 39.1 Å². The Kier molecular flexibility index (Phi) is 7.99. The highest BCUT2D eigenvalue weighted by Gasteiger charge is 2.23. The summed E-state index contributed by atoms with van der Waals surface area (Å²) in [6, 6.07) is 14.6. The first kappa shape index (κ1) is 27.5. The Hall–Kier alpha value is -3.56. The maximum Gasteiger partial charge on any atom is 0.241 e. The second-order valence-electron chi connectivity index (χ2n) is 10.6. The molecule has 1 aliphatic rings. The molecule has 1 fully saturated rings. The fourth-order valence-electron chi connectivity index (χ4n) is 4.40. The van der Waals surface area contributed by atoms with Crippen LogP contribution in [0.15, 0.2) is 71.3 Å². The van der Waals surface area contributed by atoms with Gasteiger partial charge in [-0.3, -0.25) is 5.41 Å².